The summed E-state index contributed by atoms with van der Waals surface area (Å²) in [6.07, 6.45) is 0. The van der Waals surface area contributed by atoms with E-state index in [2.05, 4.69) is 72.4 Å². The third-order valence-electron chi connectivity index (χ3n) is 3.84. The zero-order valence-electron chi connectivity index (χ0n) is 22.4. The molecule has 0 bridgehead atoms. The van der Waals surface area contributed by atoms with Gasteiger partial charge in [-0.05, 0) is 77.8 Å². The van der Waals surface area contributed by atoms with E-state index in [9.17, 15) is 4.79 Å². The lowest BCUT2D eigenvalue weighted by molar-refractivity contribution is -0.140. The minimum Gasteiger partial charge on any atom is -0.460 e. The Morgan fingerprint density at radius 3 is 1.78 bits per heavy atom. The van der Waals surface area contributed by atoms with Crippen LogP contribution in [0.1, 0.15) is 13.8 Å². The van der Waals surface area contributed by atoms with Gasteiger partial charge in [0.2, 0.25) is 0 Å². The Bertz CT molecular complexity index is 588. The average molecular weight is 525 g/mol. The van der Waals surface area contributed by atoms with Crippen LogP contribution in [0.2, 0.25) is 65.0 Å². The standard InChI is InChI=1S/C21H48O7Si4/c1-19(2)21(22)25-16-15-23-13-14-24-17-20(3)18-32(12,27-30(7,8)9)28-31(10,11)26-29(4,5)6/h20H,1,13-18H2,2-12H3. The minimum atomic E-state index is -2.44. The zero-order chi connectivity index (χ0) is 25.2. The predicted molar refractivity (Wildman–Crippen MR) is 140 cm³/mol. The highest BCUT2D eigenvalue weighted by Crippen LogP contribution is 2.29. The molecule has 0 N–H and O–H groups in total. The van der Waals surface area contributed by atoms with E-state index >= 15 is 0 Å². The summed E-state index contributed by atoms with van der Waals surface area (Å²) in [5.41, 5.74) is 0.387. The van der Waals surface area contributed by atoms with Crippen LogP contribution in [0.25, 0.3) is 0 Å². The van der Waals surface area contributed by atoms with Crippen molar-refractivity contribution in [2.24, 2.45) is 5.92 Å². The van der Waals surface area contributed by atoms with Gasteiger partial charge in [-0.15, -0.1) is 0 Å². The number of ether oxygens (including phenoxy) is 3. The van der Waals surface area contributed by atoms with Crippen molar-refractivity contribution < 1.29 is 31.4 Å². The summed E-state index contributed by atoms with van der Waals surface area (Å²) in [5.74, 6) is -0.0913. The molecule has 0 rings (SSSR count). The van der Waals surface area contributed by atoms with Crippen LogP contribution in [0.5, 0.6) is 0 Å². The summed E-state index contributed by atoms with van der Waals surface area (Å²) in [6, 6.07) is 0.862. The van der Waals surface area contributed by atoms with Crippen molar-refractivity contribution >= 4 is 39.7 Å². The van der Waals surface area contributed by atoms with Gasteiger partial charge in [-0.1, -0.05) is 13.5 Å². The lowest BCUT2D eigenvalue weighted by Gasteiger charge is -2.42. The van der Waals surface area contributed by atoms with Gasteiger partial charge in [0.25, 0.3) is 0 Å². The van der Waals surface area contributed by atoms with E-state index in [0.717, 1.165) is 6.04 Å². The minimum absolute atomic E-state index is 0.219. The van der Waals surface area contributed by atoms with Gasteiger partial charge in [-0.3, -0.25) is 0 Å². The van der Waals surface area contributed by atoms with Crippen LogP contribution in [-0.2, 0) is 31.4 Å². The summed E-state index contributed by atoms with van der Waals surface area (Å²) < 4.78 is 36.1. The maximum atomic E-state index is 11.3. The van der Waals surface area contributed by atoms with Crippen molar-refractivity contribution in [2.45, 2.75) is 78.8 Å². The lowest BCUT2D eigenvalue weighted by atomic mass is 10.2. The highest BCUT2D eigenvalue weighted by atomic mass is 28.5. The van der Waals surface area contributed by atoms with Crippen molar-refractivity contribution in [1.29, 1.82) is 0 Å². The number of rotatable bonds is 17. The fraction of sp³-hybridized carbons (Fsp3) is 0.857. The summed E-state index contributed by atoms with van der Waals surface area (Å²) >= 11 is 0. The summed E-state index contributed by atoms with van der Waals surface area (Å²) in [6.45, 7) is 29.1. The van der Waals surface area contributed by atoms with E-state index in [1.165, 1.54) is 0 Å². The largest absolute Gasteiger partial charge is 0.460 e. The number of hydrogen-bond donors (Lipinski definition) is 0. The van der Waals surface area contributed by atoms with Crippen LogP contribution in [0, 0.1) is 5.92 Å². The number of carbonyl (C=O) groups excluding carboxylic acids is 1. The van der Waals surface area contributed by atoms with Gasteiger partial charge in [0.15, 0.2) is 16.6 Å². The summed E-state index contributed by atoms with van der Waals surface area (Å²) in [4.78, 5) is 11.3. The maximum absolute atomic E-state index is 11.3. The number of hydrogen-bond acceptors (Lipinski definition) is 7. The van der Waals surface area contributed by atoms with E-state index in [-0.39, 0.29) is 6.61 Å². The quantitative estimate of drug-likeness (QED) is 0.111. The van der Waals surface area contributed by atoms with Crippen LogP contribution in [0.3, 0.4) is 0 Å². The molecule has 0 spiro atoms. The Balaban J connectivity index is 4.54. The van der Waals surface area contributed by atoms with Crippen LogP contribution in [0.4, 0.5) is 0 Å². The van der Waals surface area contributed by atoms with Crippen LogP contribution in [0.15, 0.2) is 12.2 Å². The Kier molecular flexibility index (Phi) is 13.6. The van der Waals surface area contributed by atoms with Crippen molar-refractivity contribution in [3.05, 3.63) is 12.2 Å². The second kappa shape index (κ2) is 13.7. The molecule has 32 heavy (non-hydrogen) atoms. The molecule has 2 atom stereocenters. The molecule has 0 aromatic heterocycles. The Morgan fingerprint density at radius 2 is 1.28 bits per heavy atom. The van der Waals surface area contributed by atoms with Crippen LogP contribution >= 0.6 is 0 Å². The fourth-order valence-electron chi connectivity index (χ4n) is 3.54. The Hall–Kier alpha value is -0.122. The third kappa shape index (κ3) is 17.4. The molecule has 2 unspecified atom stereocenters. The van der Waals surface area contributed by atoms with Gasteiger partial charge < -0.3 is 26.6 Å². The van der Waals surface area contributed by atoms with Crippen molar-refractivity contribution in [1.82, 2.24) is 0 Å². The molecule has 0 amide bonds. The summed E-state index contributed by atoms with van der Waals surface area (Å²) in [7, 11) is -8.21. The fourth-order valence-corrected chi connectivity index (χ4v) is 21.9. The van der Waals surface area contributed by atoms with Gasteiger partial charge in [-0.25, -0.2) is 4.79 Å². The molecule has 7 nitrogen and oxygen atoms in total. The second-order valence-corrected chi connectivity index (χ2v) is 27.4. The van der Waals surface area contributed by atoms with Crippen LogP contribution in [-0.4, -0.2) is 72.8 Å². The molecule has 190 valence electrons. The first kappa shape index (κ1) is 31.9. The van der Waals surface area contributed by atoms with E-state index in [1.54, 1.807) is 6.92 Å². The van der Waals surface area contributed by atoms with Gasteiger partial charge in [0, 0.05) is 12.2 Å². The van der Waals surface area contributed by atoms with Gasteiger partial charge >= 0.3 is 23.1 Å². The van der Waals surface area contributed by atoms with Gasteiger partial charge in [0.1, 0.15) is 6.61 Å². The first-order chi connectivity index (χ1) is 14.3. The number of carbonyl (C=O) groups is 1. The van der Waals surface area contributed by atoms with E-state index in [1.807, 2.05) is 0 Å². The molecular weight excluding hydrogens is 477 g/mol. The highest BCUT2D eigenvalue weighted by molar-refractivity contribution is 6.89. The molecule has 0 aliphatic rings. The molecule has 0 aromatic carbocycles. The highest BCUT2D eigenvalue weighted by Gasteiger charge is 2.45. The third-order valence-corrected chi connectivity index (χ3v) is 17.6. The maximum Gasteiger partial charge on any atom is 0.333 e. The molecule has 0 fully saturated rings. The lowest BCUT2D eigenvalue weighted by Crippen LogP contribution is -2.57. The normalized spacial score (nSPS) is 15.8. The van der Waals surface area contributed by atoms with E-state index in [0.29, 0.717) is 37.9 Å². The molecular formula is C21H48O7Si4. The van der Waals surface area contributed by atoms with Crippen LogP contribution < -0.4 is 0 Å². The average Bonchev–Trinajstić information content (AvgIpc) is 2.51. The van der Waals surface area contributed by atoms with Crippen molar-refractivity contribution in [3.63, 3.8) is 0 Å². The molecule has 0 heterocycles. The zero-order valence-corrected chi connectivity index (χ0v) is 26.4. The molecule has 0 aromatic rings. The molecule has 0 radical (unpaired) electrons. The van der Waals surface area contributed by atoms with E-state index < -0.39 is 39.7 Å². The van der Waals surface area contributed by atoms with E-state index in [4.69, 9.17) is 26.6 Å². The number of esters is 1. The van der Waals surface area contributed by atoms with Crippen molar-refractivity contribution in [3.8, 4) is 0 Å². The topological polar surface area (TPSA) is 72.5 Å². The summed E-state index contributed by atoms with van der Waals surface area (Å²) in [5, 5.41) is 0. The molecule has 0 saturated heterocycles. The predicted octanol–water partition coefficient (Wildman–Crippen LogP) is 5.27. The second-order valence-electron chi connectivity index (χ2n) is 11.0. The Morgan fingerprint density at radius 1 is 0.781 bits per heavy atom. The molecule has 0 aliphatic carbocycles. The molecule has 0 saturated carbocycles. The monoisotopic (exact) mass is 524 g/mol. The smallest absolute Gasteiger partial charge is 0.333 e. The first-order valence-corrected chi connectivity index (χ1v) is 23.6. The van der Waals surface area contributed by atoms with Gasteiger partial charge in [0.05, 0.1) is 19.8 Å². The molecule has 0 aliphatic heterocycles. The Labute approximate surface area is 200 Å². The molecule has 11 heteroatoms. The SMILES string of the molecule is C=C(C)C(=O)OCCOCCOCC(C)C[Si](C)(O[Si](C)(C)C)O[Si](C)(C)O[Si](C)(C)C. The van der Waals surface area contributed by atoms with Gasteiger partial charge in [-0.2, -0.15) is 0 Å². The first-order valence-electron chi connectivity index (χ1n) is 11.4. The van der Waals surface area contributed by atoms with Crippen molar-refractivity contribution in [2.75, 3.05) is 33.0 Å².